The number of aryl methyl sites for hydroxylation is 1. The molecule has 3 aromatic rings. The number of nitrogens with zero attached hydrogens (tertiary/aromatic N) is 2. The number of hydrogen-bond donors (Lipinski definition) is 1. The predicted molar refractivity (Wildman–Crippen MR) is 78.9 cm³/mol. The van der Waals surface area contributed by atoms with Crippen LogP contribution in [-0.4, -0.2) is 16.1 Å². The first-order valence-corrected chi connectivity index (χ1v) is 6.60. The second-order valence-corrected chi connectivity index (χ2v) is 4.87. The van der Waals surface area contributed by atoms with E-state index in [9.17, 15) is 4.39 Å². The molecular weight excluding hydrogens is 253 g/mol. The molecule has 0 fully saturated rings. The third-order valence-corrected chi connectivity index (χ3v) is 3.46. The van der Waals surface area contributed by atoms with Gasteiger partial charge in [-0.1, -0.05) is 18.2 Å². The summed E-state index contributed by atoms with van der Waals surface area (Å²) in [5, 5.41) is 0. The van der Waals surface area contributed by atoms with Crippen LogP contribution in [0, 0.1) is 5.82 Å². The molecule has 0 saturated carbocycles. The van der Waals surface area contributed by atoms with Gasteiger partial charge in [-0.15, -0.1) is 0 Å². The first-order valence-electron chi connectivity index (χ1n) is 6.60. The number of benzene rings is 2. The van der Waals surface area contributed by atoms with E-state index >= 15 is 0 Å². The maximum Gasteiger partial charge on any atom is 0.140 e. The summed E-state index contributed by atoms with van der Waals surface area (Å²) in [6, 6.07) is 12.8. The highest BCUT2D eigenvalue weighted by molar-refractivity contribution is 5.80. The van der Waals surface area contributed by atoms with Crippen molar-refractivity contribution in [2.75, 3.05) is 6.54 Å². The lowest BCUT2D eigenvalue weighted by Gasteiger charge is -2.05. The van der Waals surface area contributed by atoms with E-state index in [1.54, 1.807) is 6.07 Å². The van der Waals surface area contributed by atoms with Crippen LogP contribution >= 0.6 is 0 Å². The van der Waals surface area contributed by atoms with Crippen LogP contribution in [-0.2, 0) is 13.5 Å². The number of halogens is 1. The van der Waals surface area contributed by atoms with E-state index in [1.807, 2.05) is 23.7 Å². The van der Waals surface area contributed by atoms with Gasteiger partial charge in [0.05, 0.1) is 11.0 Å². The molecule has 2 N–H and O–H groups in total. The Kier molecular flexibility index (Phi) is 3.24. The summed E-state index contributed by atoms with van der Waals surface area (Å²) < 4.78 is 15.3. The van der Waals surface area contributed by atoms with Crippen LogP contribution in [0.15, 0.2) is 42.5 Å². The molecule has 0 saturated heterocycles. The molecule has 0 atom stereocenters. The topological polar surface area (TPSA) is 43.8 Å². The minimum absolute atomic E-state index is 0.265. The summed E-state index contributed by atoms with van der Waals surface area (Å²) in [7, 11) is 1.94. The van der Waals surface area contributed by atoms with E-state index in [0.717, 1.165) is 23.3 Å². The van der Waals surface area contributed by atoms with Gasteiger partial charge in [-0.05, 0) is 36.7 Å². The van der Waals surface area contributed by atoms with Crippen molar-refractivity contribution in [2.24, 2.45) is 12.8 Å². The van der Waals surface area contributed by atoms with Gasteiger partial charge in [-0.3, -0.25) is 0 Å². The fourth-order valence-electron chi connectivity index (χ4n) is 2.46. The molecule has 20 heavy (non-hydrogen) atoms. The van der Waals surface area contributed by atoms with Crippen LogP contribution in [0.5, 0.6) is 0 Å². The molecule has 3 rings (SSSR count). The number of hydrogen-bond acceptors (Lipinski definition) is 2. The molecule has 0 unspecified atom stereocenters. The Morgan fingerprint density at radius 1 is 1.20 bits per heavy atom. The van der Waals surface area contributed by atoms with Gasteiger partial charge in [0.25, 0.3) is 0 Å². The Morgan fingerprint density at radius 2 is 2.05 bits per heavy atom. The highest BCUT2D eigenvalue weighted by Crippen LogP contribution is 2.24. The van der Waals surface area contributed by atoms with Gasteiger partial charge >= 0.3 is 0 Å². The number of rotatable bonds is 3. The summed E-state index contributed by atoms with van der Waals surface area (Å²) in [5.74, 6) is 0.573. The SMILES string of the molecule is Cn1c(-c2cccc(CCN)c2)nc2cc(F)ccc21. The van der Waals surface area contributed by atoms with Gasteiger partial charge in [0.2, 0.25) is 0 Å². The number of aromatic nitrogens is 2. The van der Waals surface area contributed by atoms with E-state index in [1.165, 1.54) is 17.7 Å². The summed E-state index contributed by atoms with van der Waals surface area (Å²) in [5.41, 5.74) is 9.40. The van der Waals surface area contributed by atoms with Crippen LogP contribution in [0.3, 0.4) is 0 Å². The highest BCUT2D eigenvalue weighted by Gasteiger charge is 2.10. The van der Waals surface area contributed by atoms with Gasteiger partial charge in [0.15, 0.2) is 0 Å². The zero-order valence-corrected chi connectivity index (χ0v) is 11.3. The van der Waals surface area contributed by atoms with E-state index in [4.69, 9.17) is 5.73 Å². The van der Waals surface area contributed by atoms with E-state index in [0.29, 0.717) is 12.1 Å². The minimum atomic E-state index is -0.265. The average molecular weight is 269 g/mol. The molecule has 0 aliphatic carbocycles. The Balaban J connectivity index is 2.14. The quantitative estimate of drug-likeness (QED) is 0.794. The van der Waals surface area contributed by atoms with Crippen molar-refractivity contribution in [1.29, 1.82) is 0 Å². The first-order chi connectivity index (χ1) is 9.69. The minimum Gasteiger partial charge on any atom is -0.330 e. The zero-order valence-electron chi connectivity index (χ0n) is 11.3. The summed E-state index contributed by atoms with van der Waals surface area (Å²) in [4.78, 5) is 4.54. The number of imidazole rings is 1. The van der Waals surface area contributed by atoms with E-state index in [-0.39, 0.29) is 5.82 Å². The summed E-state index contributed by atoms with van der Waals surface area (Å²) in [6.07, 6.45) is 0.840. The third-order valence-electron chi connectivity index (χ3n) is 3.46. The molecule has 0 amide bonds. The Bertz CT molecular complexity index is 762. The number of fused-ring (bicyclic) bond motifs is 1. The monoisotopic (exact) mass is 269 g/mol. The van der Waals surface area contributed by atoms with Gasteiger partial charge in [0, 0.05) is 18.7 Å². The Labute approximate surface area is 116 Å². The molecule has 0 aliphatic rings. The second-order valence-electron chi connectivity index (χ2n) is 4.87. The maximum atomic E-state index is 13.3. The molecule has 0 aliphatic heterocycles. The number of nitrogens with two attached hydrogens (primary N) is 1. The van der Waals surface area contributed by atoms with Crippen molar-refractivity contribution >= 4 is 11.0 Å². The van der Waals surface area contributed by atoms with Crippen molar-refractivity contribution in [3.8, 4) is 11.4 Å². The largest absolute Gasteiger partial charge is 0.330 e. The van der Waals surface area contributed by atoms with Crippen molar-refractivity contribution in [3.05, 3.63) is 53.8 Å². The second kappa shape index (κ2) is 5.06. The normalized spacial score (nSPS) is 11.2. The Hall–Kier alpha value is -2.20. The maximum absolute atomic E-state index is 13.3. The zero-order chi connectivity index (χ0) is 14.1. The molecular formula is C16H16FN3. The molecule has 1 heterocycles. The fraction of sp³-hybridized carbons (Fsp3) is 0.188. The third kappa shape index (κ3) is 2.18. The smallest absolute Gasteiger partial charge is 0.140 e. The first kappa shape index (κ1) is 12.8. The fourth-order valence-corrected chi connectivity index (χ4v) is 2.46. The lowest BCUT2D eigenvalue weighted by molar-refractivity contribution is 0.629. The molecule has 0 radical (unpaired) electrons. The van der Waals surface area contributed by atoms with Crippen LogP contribution in [0.25, 0.3) is 22.4 Å². The lowest BCUT2D eigenvalue weighted by atomic mass is 10.1. The standard InChI is InChI=1S/C16H16FN3/c1-20-15-6-5-13(17)10-14(15)19-16(20)12-4-2-3-11(9-12)7-8-18/h2-6,9-10H,7-8,18H2,1H3. The van der Waals surface area contributed by atoms with Gasteiger partial charge in [-0.2, -0.15) is 0 Å². The predicted octanol–water partition coefficient (Wildman–Crippen LogP) is 2.88. The molecule has 0 bridgehead atoms. The molecule has 102 valence electrons. The average Bonchev–Trinajstić information content (AvgIpc) is 2.76. The molecule has 0 spiro atoms. The Morgan fingerprint density at radius 3 is 2.85 bits per heavy atom. The van der Waals surface area contributed by atoms with Crippen molar-refractivity contribution in [1.82, 2.24) is 9.55 Å². The highest BCUT2D eigenvalue weighted by atomic mass is 19.1. The molecule has 1 aromatic heterocycles. The van der Waals surface area contributed by atoms with Crippen molar-refractivity contribution < 1.29 is 4.39 Å². The van der Waals surface area contributed by atoms with Gasteiger partial charge < -0.3 is 10.3 Å². The molecule has 3 nitrogen and oxygen atoms in total. The van der Waals surface area contributed by atoms with Crippen molar-refractivity contribution in [3.63, 3.8) is 0 Å². The van der Waals surface area contributed by atoms with Crippen LogP contribution in [0.2, 0.25) is 0 Å². The van der Waals surface area contributed by atoms with Crippen LogP contribution in [0.4, 0.5) is 4.39 Å². The van der Waals surface area contributed by atoms with Crippen LogP contribution < -0.4 is 5.73 Å². The van der Waals surface area contributed by atoms with Crippen molar-refractivity contribution in [2.45, 2.75) is 6.42 Å². The van der Waals surface area contributed by atoms with Crippen LogP contribution in [0.1, 0.15) is 5.56 Å². The summed E-state index contributed by atoms with van der Waals surface area (Å²) in [6.45, 7) is 0.622. The van der Waals surface area contributed by atoms with Gasteiger partial charge in [0.1, 0.15) is 11.6 Å². The molecule has 2 aromatic carbocycles. The van der Waals surface area contributed by atoms with E-state index in [2.05, 4.69) is 17.1 Å². The van der Waals surface area contributed by atoms with Gasteiger partial charge in [-0.25, -0.2) is 9.37 Å². The lowest BCUT2D eigenvalue weighted by Crippen LogP contribution is -2.02. The molecule has 4 heteroatoms. The van der Waals surface area contributed by atoms with E-state index < -0.39 is 0 Å². The summed E-state index contributed by atoms with van der Waals surface area (Å²) >= 11 is 0.